The minimum absolute atomic E-state index is 0.174. The molecule has 2 atom stereocenters. The number of benzene rings is 2. The van der Waals surface area contributed by atoms with E-state index in [-0.39, 0.29) is 10.8 Å². The van der Waals surface area contributed by atoms with Gasteiger partial charge in [0.05, 0.1) is 0 Å². The Morgan fingerprint density at radius 1 is 1.14 bits per heavy atom. The van der Waals surface area contributed by atoms with Crippen molar-refractivity contribution in [2.45, 2.75) is 15.2 Å². The highest BCUT2D eigenvalue weighted by Crippen LogP contribution is 2.44. The van der Waals surface area contributed by atoms with E-state index >= 15 is 0 Å². The average molecular weight is 322 g/mol. The van der Waals surface area contributed by atoms with Crippen molar-refractivity contribution in [3.05, 3.63) is 48.0 Å². The van der Waals surface area contributed by atoms with Crippen molar-refractivity contribution < 1.29 is 22.4 Å². The van der Waals surface area contributed by atoms with E-state index in [0.717, 1.165) is 0 Å². The van der Waals surface area contributed by atoms with Crippen LogP contribution in [-0.2, 0) is 21.0 Å². The highest BCUT2D eigenvalue weighted by atomic mass is 32.2. The summed E-state index contributed by atoms with van der Waals surface area (Å²) in [6.07, 6.45) is 0. The zero-order chi connectivity index (χ0) is 14.6. The number of fused-ring (bicyclic) bond motifs is 2. The van der Waals surface area contributed by atoms with E-state index in [9.17, 15) is 13.0 Å². The molecule has 0 fully saturated rings. The molecule has 108 valence electrons. The molecule has 2 aromatic rings. The maximum absolute atomic E-state index is 12.5. The highest BCUT2D eigenvalue weighted by molar-refractivity contribution is 7.92. The molecule has 0 N–H and O–H groups in total. The number of rotatable bonds is 1. The van der Waals surface area contributed by atoms with E-state index in [1.165, 1.54) is 6.07 Å². The Hall–Kier alpha value is -1.70. The second kappa shape index (κ2) is 4.40. The lowest BCUT2D eigenvalue weighted by Crippen LogP contribution is -2.12. The third-order valence-corrected chi connectivity index (χ3v) is 6.40. The van der Waals surface area contributed by atoms with Gasteiger partial charge in [-0.3, -0.25) is 0 Å². The van der Waals surface area contributed by atoms with Gasteiger partial charge in [0.25, 0.3) is 5.44 Å². The van der Waals surface area contributed by atoms with Crippen LogP contribution in [0.5, 0.6) is 11.5 Å². The minimum atomic E-state index is -3.35. The van der Waals surface area contributed by atoms with Crippen molar-refractivity contribution in [1.82, 2.24) is 0 Å². The molecule has 0 aliphatic carbocycles. The van der Waals surface area contributed by atoms with Gasteiger partial charge in [0.2, 0.25) is 9.84 Å². The predicted octanol–water partition coefficient (Wildman–Crippen LogP) is 2.01. The van der Waals surface area contributed by atoms with Crippen LogP contribution < -0.4 is 9.47 Å². The summed E-state index contributed by atoms with van der Waals surface area (Å²) in [5, 5.41) is 0. The van der Waals surface area contributed by atoms with Gasteiger partial charge < -0.3 is 14.0 Å². The zero-order valence-corrected chi connectivity index (χ0v) is 12.3. The summed E-state index contributed by atoms with van der Waals surface area (Å²) in [4.78, 5) is 0.823. The fourth-order valence-electron chi connectivity index (χ4n) is 2.43. The van der Waals surface area contributed by atoms with Crippen LogP contribution >= 0.6 is 0 Å². The van der Waals surface area contributed by atoms with Crippen LogP contribution in [0, 0.1) is 0 Å². The van der Waals surface area contributed by atoms with Gasteiger partial charge in [0.1, 0.15) is 10.6 Å². The van der Waals surface area contributed by atoms with Crippen molar-refractivity contribution in [2.75, 3.05) is 5.94 Å². The molecule has 2 aliphatic heterocycles. The quantitative estimate of drug-likeness (QED) is 0.751. The van der Waals surface area contributed by atoms with Crippen molar-refractivity contribution >= 4 is 21.0 Å². The molecule has 7 heteroatoms. The lowest BCUT2D eigenvalue weighted by atomic mass is 10.2. The molecular weight excluding hydrogens is 312 g/mol. The topological polar surface area (TPSA) is 75.7 Å². The Bertz CT molecular complexity index is 831. The monoisotopic (exact) mass is 322 g/mol. The van der Waals surface area contributed by atoms with Gasteiger partial charge >= 0.3 is 0 Å². The molecule has 0 radical (unpaired) electrons. The summed E-state index contributed by atoms with van der Waals surface area (Å²) in [6, 6.07) is 11.9. The third-order valence-electron chi connectivity index (χ3n) is 3.44. The number of hydrogen-bond acceptors (Lipinski definition) is 5. The number of ether oxygens (including phenoxy) is 2. The van der Waals surface area contributed by atoms with Crippen molar-refractivity contribution in [3.8, 4) is 11.5 Å². The lowest BCUT2D eigenvalue weighted by molar-refractivity contribution is 0.291. The first kappa shape index (κ1) is 13.0. The van der Waals surface area contributed by atoms with Crippen LogP contribution in [0.3, 0.4) is 0 Å². The summed E-state index contributed by atoms with van der Waals surface area (Å²) in [7, 11) is -3.35. The molecular formula is C14H10O5S2. The van der Waals surface area contributed by atoms with Gasteiger partial charge in [0.15, 0.2) is 16.6 Å². The average Bonchev–Trinajstić information content (AvgIpc) is 2.97. The van der Waals surface area contributed by atoms with Crippen LogP contribution in [0.25, 0.3) is 0 Å². The van der Waals surface area contributed by atoms with E-state index in [4.69, 9.17) is 9.47 Å². The van der Waals surface area contributed by atoms with Gasteiger partial charge in [-0.25, -0.2) is 8.42 Å². The SMILES string of the molecule is O=S1(=O)COc2cc(C3Oc4ccccc4[S+]3[O-])ccc21. The first-order valence-corrected chi connectivity index (χ1v) is 9.08. The highest BCUT2D eigenvalue weighted by Gasteiger charge is 2.40. The molecule has 4 rings (SSSR count). The van der Waals surface area contributed by atoms with Crippen LogP contribution in [-0.4, -0.2) is 18.9 Å². The number of para-hydroxylation sites is 1. The molecule has 2 heterocycles. The normalized spacial score (nSPS) is 24.8. The van der Waals surface area contributed by atoms with Gasteiger partial charge in [-0.05, 0) is 30.3 Å². The smallest absolute Gasteiger partial charge is 0.286 e. The fourth-order valence-corrected chi connectivity index (χ4v) is 4.88. The van der Waals surface area contributed by atoms with E-state index < -0.39 is 26.4 Å². The van der Waals surface area contributed by atoms with Gasteiger partial charge in [-0.2, -0.15) is 0 Å². The summed E-state index contributed by atoms with van der Waals surface area (Å²) in [6.45, 7) is 0. The van der Waals surface area contributed by atoms with Crippen LogP contribution in [0.15, 0.2) is 52.3 Å². The van der Waals surface area contributed by atoms with Crippen molar-refractivity contribution in [2.24, 2.45) is 0 Å². The fraction of sp³-hybridized carbons (Fsp3) is 0.143. The van der Waals surface area contributed by atoms with E-state index in [2.05, 4.69) is 0 Å². The Morgan fingerprint density at radius 3 is 2.76 bits per heavy atom. The summed E-state index contributed by atoms with van der Waals surface area (Å²) < 4.78 is 46.8. The molecule has 0 aromatic heterocycles. The second-order valence-corrected chi connectivity index (χ2v) is 8.14. The van der Waals surface area contributed by atoms with Crippen LogP contribution in [0.1, 0.15) is 11.0 Å². The maximum Gasteiger partial charge on any atom is 0.286 e. The second-order valence-electron chi connectivity index (χ2n) is 4.78. The van der Waals surface area contributed by atoms with Crippen molar-refractivity contribution in [1.29, 1.82) is 0 Å². The summed E-state index contributed by atoms with van der Waals surface area (Å²) in [5.41, 5.74) is -0.0000117. The molecule has 2 aliphatic rings. The molecule has 0 bridgehead atoms. The summed E-state index contributed by atoms with van der Waals surface area (Å²) in [5.74, 6) is 0.541. The molecule has 21 heavy (non-hydrogen) atoms. The van der Waals surface area contributed by atoms with Gasteiger partial charge in [-0.1, -0.05) is 12.1 Å². The molecule has 0 saturated carbocycles. The predicted molar refractivity (Wildman–Crippen MR) is 75.3 cm³/mol. The first-order chi connectivity index (χ1) is 10.1. The van der Waals surface area contributed by atoms with Gasteiger partial charge in [0, 0.05) is 16.7 Å². The molecule has 2 aromatic carbocycles. The minimum Gasteiger partial charge on any atom is -0.608 e. The standard InChI is InChI=1S/C14H10O5S2/c15-20-12-4-2-1-3-10(12)19-14(20)9-5-6-13-11(7-9)18-8-21(13,16)17/h1-7,14H,8H2. The molecule has 0 amide bonds. The molecule has 0 spiro atoms. The van der Waals surface area contributed by atoms with E-state index in [1.54, 1.807) is 30.3 Å². The maximum atomic E-state index is 12.5. The lowest BCUT2D eigenvalue weighted by Gasteiger charge is -2.13. The zero-order valence-electron chi connectivity index (χ0n) is 10.7. The Labute approximate surface area is 124 Å². The number of sulfone groups is 1. The Balaban J connectivity index is 1.74. The summed E-state index contributed by atoms with van der Waals surface area (Å²) >= 11 is -1.33. The van der Waals surface area contributed by atoms with Crippen molar-refractivity contribution in [3.63, 3.8) is 0 Å². The Morgan fingerprint density at radius 2 is 1.95 bits per heavy atom. The van der Waals surface area contributed by atoms with Crippen LogP contribution in [0.4, 0.5) is 0 Å². The van der Waals surface area contributed by atoms with Gasteiger partial charge in [-0.15, -0.1) is 0 Å². The first-order valence-electron chi connectivity index (χ1n) is 6.22. The number of hydrogen-bond donors (Lipinski definition) is 0. The van der Waals surface area contributed by atoms with E-state index in [0.29, 0.717) is 22.0 Å². The third kappa shape index (κ3) is 1.92. The Kier molecular flexibility index (Phi) is 2.72. The van der Waals surface area contributed by atoms with Crippen LogP contribution in [0.2, 0.25) is 0 Å². The molecule has 2 unspecified atom stereocenters. The molecule has 5 nitrogen and oxygen atoms in total. The molecule has 0 saturated heterocycles. The largest absolute Gasteiger partial charge is 0.608 e. The van der Waals surface area contributed by atoms with E-state index in [1.807, 2.05) is 6.07 Å².